The standard InChI is InChI=1S/C15H21N3O/c16-11-12-5-4-8-14(15(12)17)18(9-10-19)13-6-2-1-3-7-13/h4-5,8,13,19H,1-3,6-7,9-10,17H2. The van der Waals surface area contributed by atoms with Crippen molar-refractivity contribution in [2.24, 2.45) is 0 Å². The number of nitrogens with two attached hydrogens (primary N) is 1. The van der Waals surface area contributed by atoms with E-state index in [4.69, 9.17) is 11.0 Å². The lowest BCUT2D eigenvalue weighted by molar-refractivity contribution is 0.290. The van der Waals surface area contributed by atoms with Crippen LogP contribution in [0.15, 0.2) is 18.2 Å². The first-order valence-corrected chi connectivity index (χ1v) is 6.94. The summed E-state index contributed by atoms with van der Waals surface area (Å²) in [5.41, 5.74) is 8.02. The summed E-state index contributed by atoms with van der Waals surface area (Å²) >= 11 is 0. The van der Waals surface area contributed by atoms with Crippen LogP contribution in [0.5, 0.6) is 0 Å². The third-order valence-electron chi connectivity index (χ3n) is 3.87. The average Bonchev–Trinajstić information content (AvgIpc) is 2.46. The number of nitrogen functional groups attached to an aromatic ring is 1. The van der Waals surface area contributed by atoms with Gasteiger partial charge < -0.3 is 15.7 Å². The molecule has 0 atom stereocenters. The summed E-state index contributed by atoms with van der Waals surface area (Å²) in [7, 11) is 0. The Morgan fingerprint density at radius 2 is 2.05 bits per heavy atom. The smallest absolute Gasteiger partial charge is 0.101 e. The van der Waals surface area contributed by atoms with Gasteiger partial charge in [-0.1, -0.05) is 25.3 Å². The fourth-order valence-electron chi connectivity index (χ4n) is 2.90. The van der Waals surface area contributed by atoms with Gasteiger partial charge in [0.2, 0.25) is 0 Å². The molecule has 0 unspecified atom stereocenters. The van der Waals surface area contributed by atoms with Gasteiger partial charge >= 0.3 is 0 Å². The van der Waals surface area contributed by atoms with Gasteiger partial charge in [0.1, 0.15) is 6.07 Å². The van der Waals surface area contributed by atoms with Crippen LogP contribution in [0.2, 0.25) is 0 Å². The zero-order chi connectivity index (χ0) is 13.7. The van der Waals surface area contributed by atoms with Crippen LogP contribution in [0.3, 0.4) is 0 Å². The summed E-state index contributed by atoms with van der Waals surface area (Å²) in [6, 6.07) is 8.09. The van der Waals surface area contributed by atoms with Gasteiger partial charge in [0.15, 0.2) is 0 Å². The highest BCUT2D eigenvalue weighted by molar-refractivity contribution is 5.74. The van der Waals surface area contributed by atoms with Crippen LogP contribution in [0.4, 0.5) is 11.4 Å². The van der Waals surface area contributed by atoms with Gasteiger partial charge in [-0.3, -0.25) is 0 Å². The highest BCUT2D eigenvalue weighted by atomic mass is 16.3. The fourth-order valence-corrected chi connectivity index (χ4v) is 2.90. The first-order chi connectivity index (χ1) is 9.27. The molecule has 0 amide bonds. The predicted octanol–water partition coefficient (Wildman–Crippen LogP) is 2.27. The van der Waals surface area contributed by atoms with Gasteiger partial charge in [0.05, 0.1) is 23.5 Å². The van der Waals surface area contributed by atoms with E-state index in [1.54, 1.807) is 6.07 Å². The van der Waals surface area contributed by atoms with Crippen LogP contribution in [0.1, 0.15) is 37.7 Å². The molecule has 1 aromatic carbocycles. The van der Waals surface area contributed by atoms with Crippen molar-refractivity contribution in [1.29, 1.82) is 5.26 Å². The molecule has 0 aliphatic heterocycles. The van der Waals surface area contributed by atoms with Crippen LogP contribution in [-0.4, -0.2) is 24.3 Å². The molecule has 1 aromatic rings. The Labute approximate surface area is 114 Å². The van der Waals surface area contributed by atoms with E-state index in [0.717, 1.165) is 18.5 Å². The summed E-state index contributed by atoms with van der Waals surface area (Å²) < 4.78 is 0. The van der Waals surface area contributed by atoms with Gasteiger partial charge in [-0.25, -0.2) is 0 Å². The van der Waals surface area contributed by atoms with Crippen molar-refractivity contribution in [2.45, 2.75) is 38.1 Å². The normalized spacial score (nSPS) is 16.0. The summed E-state index contributed by atoms with van der Waals surface area (Å²) in [5, 5.41) is 18.4. The molecule has 1 aliphatic rings. The summed E-state index contributed by atoms with van der Waals surface area (Å²) in [6.45, 7) is 0.677. The molecule has 0 heterocycles. The first-order valence-electron chi connectivity index (χ1n) is 6.94. The monoisotopic (exact) mass is 259 g/mol. The van der Waals surface area contributed by atoms with E-state index in [2.05, 4.69) is 11.0 Å². The average molecular weight is 259 g/mol. The summed E-state index contributed by atoms with van der Waals surface area (Å²) in [5.74, 6) is 0. The van der Waals surface area contributed by atoms with Crippen molar-refractivity contribution in [3.05, 3.63) is 23.8 Å². The molecule has 1 aliphatic carbocycles. The molecule has 4 heteroatoms. The minimum atomic E-state index is 0.104. The van der Waals surface area contributed by atoms with E-state index in [9.17, 15) is 5.11 Å². The van der Waals surface area contributed by atoms with E-state index in [-0.39, 0.29) is 6.61 Å². The topological polar surface area (TPSA) is 73.3 Å². The second-order valence-electron chi connectivity index (χ2n) is 5.06. The van der Waals surface area contributed by atoms with E-state index >= 15 is 0 Å². The number of para-hydroxylation sites is 1. The Bertz CT molecular complexity index is 461. The van der Waals surface area contributed by atoms with Crippen LogP contribution >= 0.6 is 0 Å². The van der Waals surface area contributed by atoms with Crippen molar-refractivity contribution >= 4 is 11.4 Å². The number of anilines is 2. The van der Waals surface area contributed by atoms with Crippen molar-refractivity contribution in [2.75, 3.05) is 23.8 Å². The number of rotatable bonds is 4. The van der Waals surface area contributed by atoms with Crippen LogP contribution in [0, 0.1) is 11.3 Å². The van der Waals surface area contributed by atoms with E-state index in [1.165, 1.54) is 19.3 Å². The molecule has 3 N–H and O–H groups in total. The molecular weight excluding hydrogens is 238 g/mol. The molecule has 0 bridgehead atoms. The van der Waals surface area contributed by atoms with Gasteiger partial charge in [0.25, 0.3) is 0 Å². The number of aliphatic hydroxyl groups excluding tert-OH is 1. The summed E-state index contributed by atoms with van der Waals surface area (Å²) in [4.78, 5) is 2.18. The second kappa shape index (κ2) is 6.44. The molecule has 2 rings (SSSR count). The minimum Gasteiger partial charge on any atom is -0.396 e. The third-order valence-corrected chi connectivity index (χ3v) is 3.87. The molecular formula is C15H21N3O. The number of nitriles is 1. The van der Waals surface area contributed by atoms with Gasteiger partial charge in [0, 0.05) is 12.6 Å². The predicted molar refractivity (Wildman–Crippen MR) is 76.9 cm³/mol. The lowest BCUT2D eigenvalue weighted by Crippen LogP contribution is -2.39. The number of benzene rings is 1. The lowest BCUT2D eigenvalue weighted by Gasteiger charge is -2.36. The maximum absolute atomic E-state index is 9.30. The second-order valence-corrected chi connectivity index (χ2v) is 5.06. The molecule has 19 heavy (non-hydrogen) atoms. The Morgan fingerprint density at radius 1 is 1.32 bits per heavy atom. The maximum Gasteiger partial charge on any atom is 0.101 e. The first kappa shape index (κ1) is 13.7. The molecule has 0 spiro atoms. The number of nitrogens with zero attached hydrogens (tertiary/aromatic N) is 2. The van der Waals surface area contributed by atoms with E-state index in [1.807, 2.05) is 12.1 Å². The van der Waals surface area contributed by atoms with Crippen LogP contribution in [-0.2, 0) is 0 Å². The van der Waals surface area contributed by atoms with Crippen molar-refractivity contribution in [3.63, 3.8) is 0 Å². The van der Waals surface area contributed by atoms with E-state index in [0.29, 0.717) is 23.8 Å². The molecule has 1 saturated carbocycles. The Kier molecular flexibility index (Phi) is 4.64. The van der Waals surface area contributed by atoms with Crippen molar-refractivity contribution in [1.82, 2.24) is 0 Å². The third kappa shape index (κ3) is 2.99. The summed E-state index contributed by atoms with van der Waals surface area (Å²) in [6.07, 6.45) is 6.01. The molecule has 4 nitrogen and oxygen atoms in total. The number of hydrogen-bond acceptors (Lipinski definition) is 4. The zero-order valence-electron chi connectivity index (χ0n) is 11.2. The largest absolute Gasteiger partial charge is 0.396 e. The highest BCUT2D eigenvalue weighted by Crippen LogP contribution is 2.32. The SMILES string of the molecule is N#Cc1cccc(N(CCO)C2CCCCC2)c1N. The lowest BCUT2D eigenvalue weighted by atomic mass is 9.93. The number of hydrogen-bond donors (Lipinski definition) is 2. The van der Waals surface area contributed by atoms with Crippen molar-refractivity contribution in [3.8, 4) is 6.07 Å². The maximum atomic E-state index is 9.30. The fraction of sp³-hybridized carbons (Fsp3) is 0.533. The molecule has 0 radical (unpaired) electrons. The zero-order valence-corrected chi connectivity index (χ0v) is 11.2. The van der Waals surface area contributed by atoms with Gasteiger partial charge in [-0.05, 0) is 25.0 Å². The van der Waals surface area contributed by atoms with Crippen molar-refractivity contribution < 1.29 is 5.11 Å². The Balaban J connectivity index is 2.30. The molecule has 102 valence electrons. The molecule has 1 fully saturated rings. The van der Waals surface area contributed by atoms with Crippen LogP contribution in [0.25, 0.3) is 0 Å². The Morgan fingerprint density at radius 3 is 2.68 bits per heavy atom. The number of aliphatic hydroxyl groups is 1. The molecule has 0 saturated heterocycles. The van der Waals surface area contributed by atoms with Gasteiger partial charge in [-0.2, -0.15) is 5.26 Å². The van der Waals surface area contributed by atoms with Crippen LogP contribution < -0.4 is 10.6 Å². The van der Waals surface area contributed by atoms with E-state index < -0.39 is 0 Å². The Hall–Kier alpha value is -1.73. The van der Waals surface area contributed by atoms with Gasteiger partial charge in [-0.15, -0.1) is 0 Å². The highest BCUT2D eigenvalue weighted by Gasteiger charge is 2.23. The quantitative estimate of drug-likeness (QED) is 0.813. The molecule has 0 aromatic heterocycles. The minimum absolute atomic E-state index is 0.104.